The smallest absolute Gasteiger partial charge is 0.251 e. The molecule has 0 fully saturated rings. The number of carbonyl (C=O) groups is 1. The predicted molar refractivity (Wildman–Crippen MR) is 105 cm³/mol. The molecule has 2 rings (SSSR count). The molecule has 0 aliphatic rings. The Morgan fingerprint density at radius 3 is 2.54 bits per heavy atom. The number of halogens is 1. The minimum Gasteiger partial charge on any atom is -0.345 e. The number of nitrogens with one attached hydrogen (secondary N) is 2. The molecule has 0 saturated heterocycles. The Balaban J connectivity index is 2.20. The molecule has 1 amide bonds. The molecule has 0 aliphatic carbocycles. The van der Waals surface area contributed by atoms with Crippen molar-refractivity contribution in [3.05, 3.63) is 64.1 Å². The van der Waals surface area contributed by atoms with E-state index in [2.05, 4.69) is 31.9 Å². The Kier molecular flexibility index (Phi) is 6.98. The molecule has 0 radical (unpaired) electrons. The SMILES string of the molecule is C#CCNS(=O)(=O)c1cccc(C(=O)NC(CC)c2ccc(Br)cc2)c1. The van der Waals surface area contributed by atoms with E-state index in [-0.39, 0.29) is 29.0 Å². The van der Waals surface area contributed by atoms with E-state index in [1.165, 1.54) is 18.2 Å². The van der Waals surface area contributed by atoms with E-state index in [9.17, 15) is 13.2 Å². The molecule has 26 heavy (non-hydrogen) atoms. The highest BCUT2D eigenvalue weighted by Gasteiger charge is 2.18. The summed E-state index contributed by atoms with van der Waals surface area (Å²) < 4.78 is 27.5. The van der Waals surface area contributed by atoms with E-state index >= 15 is 0 Å². The quantitative estimate of drug-likeness (QED) is 0.656. The summed E-state index contributed by atoms with van der Waals surface area (Å²) in [7, 11) is -3.75. The Morgan fingerprint density at radius 2 is 1.92 bits per heavy atom. The second-order valence-electron chi connectivity index (χ2n) is 5.54. The number of carbonyl (C=O) groups excluding carboxylic acids is 1. The maximum absolute atomic E-state index is 12.6. The summed E-state index contributed by atoms with van der Waals surface area (Å²) in [5, 5.41) is 2.94. The lowest BCUT2D eigenvalue weighted by Crippen LogP contribution is -2.29. The highest BCUT2D eigenvalue weighted by atomic mass is 79.9. The third kappa shape index (κ3) is 5.18. The fourth-order valence-electron chi connectivity index (χ4n) is 2.38. The lowest BCUT2D eigenvalue weighted by atomic mass is 10.0. The highest BCUT2D eigenvalue weighted by Crippen LogP contribution is 2.20. The monoisotopic (exact) mass is 434 g/mol. The molecule has 1 atom stereocenters. The van der Waals surface area contributed by atoms with E-state index < -0.39 is 10.0 Å². The first kappa shape index (κ1) is 20.2. The van der Waals surface area contributed by atoms with E-state index in [0.29, 0.717) is 6.42 Å². The molecule has 0 bridgehead atoms. The molecule has 2 aromatic rings. The molecular formula is C19H19BrN2O3S. The Hall–Kier alpha value is -2.14. The molecule has 0 aromatic heterocycles. The van der Waals surface area contributed by atoms with Crippen molar-refractivity contribution in [2.75, 3.05) is 6.54 Å². The molecule has 0 aliphatic heterocycles. The average molecular weight is 435 g/mol. The fraction of sp³-hybridized carbons (Fsp3) is 0.211. The molecule has 0 saturated carbocycles. The van der Waals surface area contributed by atoms with Crippen LogP contribution in [0.2, 0.25) is 0 Å². The first-order chi connectivity index (χ1) is 12.4. The highest BCUT2D eigenvalue weighted by molar-refractivity contribution is 9.10. The topological polar surface area (TPSA) is 75.3 Å². The van der Waals surface area contributed by atoms with Crippen molar-refractivity contribution in [3.63, 3.8) is 0 Å². The summed E-state index contributed by atoms with van der Waals surface area (Å²) in [4.78, 5) is 12.6. The molecule has 0 heterocycles. The van der Waals surface area contributed by atoms with Gasteiger partial charge in [0, 0.05) is 10.0 Å². The van der Waals surface area contributed by atoms with Gasteiger partial charge in [0.25, 0.3) is 5.91 Å². The van der Waals surface area contributed by atoms with Gasteiger partial charge >= 0.3 is 0 Å². The lowest BCUT2D eigenvalue weighted by Gasteiger charge is -2.18. The van der Waals surface area contributed by atoms with Crippen LogP contribution in [0.5, 0.6) is 0 Å². The van der Waals surface area contributed by atoms with Gasteiger partial charge in [-0.2, -0.15) is 4.72 Å². The predicted octanol–water partition coefficient (Wildman–Crippen LogP) is 3.24. The van der Waals surface area contributed by atoms with Crippen LogP contribution in [-0.2, 0) is 10.0 Å². The maximum atomic E-state index is 12.6. The van der Waals surface area contributed by atoms with Crippen LogP contribution in [0.4, 0.5) is 0 Å². The van der Waals surface area contributed by atoms with Gasteiger partial charge in [-0.15, -0.1) is 6.42 Å². The first-order valence-electron chi connectivity index (χ1n) is 7.97. The summed E-state index contributed by atoms with van der Waals surface area (Å²) in [5.74, 6) is 1.87. The van der Waals surface area contributed by atoms with Gasteiger partial charge in [0.1, 0.15) is 0 Å². The van der Waals surface area contributed by atoms with Gasteiger partial charge in [-0.3, -0.25) is 4.79 Å². The van der Waals surface area contributed by atoms with E-state index in [4.69, 9.17) is 6.42 Å². The van der Waals surface area contributed by atoms with Gasteiger partial charge in [0.2, 0.25) is 10.0 Å². The third-order valence-corrected chi connectivity index (χ3v) is 5.68. The summed E-state index contributed by atoms with van der Waals surface area (Å²) >= 11 is 3.39. The van der Waals surface area contributed by atoms with Crippen molar-refractivity contribution in [3.8, 4) is 12.3 Å². The Bertz CT molecular complexity index is 919. The van der Waals surface area contributed by atoms with Gasteiger partial charge in [-0.25, -0.2) is 8.42 Å². The number of sulfonamides is 1. The normalized spacial score (nSPS) is 12.2. The van der Waals surface area contributed by atoms with E-state index in [1.54, 1.807) is 6.07 Å². The zero-order chi connectivity index (χ0) is 19.2. The number of hydrogen-bond acceptors (Lipinski definition) is 3. The van der Waals surface area contributed by atoms with Crippen molar-refractivity contribution in [1.29, 1.82) is 0 Å². The summed E-state index contributed by atoms with van der Waals surface area (Å²) in [5.41, 5.74) is 1.24. The van der Waals surface area contributed by atoms with Crippen molar-refractivity contribution < 1.29 is 13.2 Å². The van der Waals surface area contributed by atoms with Gasteiger partial charge in [0.15, 0.2) is 0 Å². The molecular weight excluding hydrogens is 416 g/mol. The van der Waals surface area contributed by atoms with Crippen molar-refractivity contribution >= 4 is 31.9 Å². The molecule has 0 spiro atoms. The van der Waals surface area contributed by atoms with Crippen LogP contribution in [0, 0.1) is 12.3 Å². The van der Waals surface area contributed by atoms with Crippen molar-refractivity contribution in [2.24, 2.45) is 0 Å². The summed E-state index contributed by atoms with van der Waals surface area (Å²) in [6.07, 6.45) is 5.79. The largest absolute Gasteiger partial charge is 0.345 e. The summed E-state index contributed by atoms with van der Waals surface area (Å²) in [6, 6.07) is 13.4. The molecule has 5 nitrogen and oxygen atoms in total. The Morgan fingerprint density at radius 1 is 1.23 bits per heavy atom. The first-order valence-corrected chi connectivity index (χ1v) is 10.2. The van der Waals surface area contributed by atoms with Gasteiger partial charge in [-0.1, -0.05) is 47.0 Å². The molecule has 7 heteroatoms. The van der Waals surface area contributed by atoms with Crippen LogP contribution >= 0.6 is 15.9 Å². The van der Waals surface area contributed by atoms with E-state index in [1.807, 2.05) is 31.2 Å². The van der Waals surface area contributed by atoms with Gasteiger partial charge in [-0.05, 0) is 42.3 Å². The van der Waals surface area contributed by atoms with Crippen LogP contribution in [0.25, 0.3) is 0 Å². The number of rotatable bonds is 7. The van der Waals surface area contributed by atoms with Crippen molar-refractivity contribution in [1.82, 2.24) is 10.0 Å². The van der Waals surface area contributed by atoms with E-state index in [0.717, 1.165) is 10.0 Å². The minimum absolute atomic E-state index is 0.00269. The number of terminal acetylenes is 1. The zero-order valence-electron chi connectivity index (χ0n) is 14.2. The second kappa shape index (κ2) is 8.99. The van der Waals surface area contributed by atoms with Crippen LogP contribution in [0.1, 0.15) is 35.3 Å². The number of benzene rings is 2. The molecule has 136 valence electrons. The van der Waals surface area contributed by atoms with Gasteiger partial charge < -0.3 is 5.32 Å². The maximum Gasteiger partial charge on any atom is 0.251 e. The third-order valence-electron chi connectivity index (χ3n) is 3.76. The van der Waals surface area contributed by atoms with Crippen molar-refractivity contribution in [2.45, 2.75) is 24.3 Å². The van der Waals surface area contributed by atoms with Crippen LogP contribution in [0.15, 0.2) is 57.9 Å². The standard InChI is InChI=1S/C19H19BrN2O3S/c1-3-12-21-26(24,25)17-7-5-6-15(13-17)19(23)22-18(4-2)14-8-10-16(20)11-9-14/h1,5-11,13,18,21H,4,12H2,2H3,(H,22,23). The fourth-order valence-corrected chi connectivity index (χ4v) is 3.63. The van der Waals surface area contributed by atoms with Crippen LogP contribution < -0.4 is 10.0 Å². The Labute approximate surface area is 162 Å². The molecule has 1 unspecified atom stereocenters. The van der Waals surface area contributed by atoms with Crippen LogP contribution in [-0.4, -0.2) is 20.9 Å². The number of hydrogen-bond donors (Lipinski definition) is 2. The lowest BCUT2D eigenvalue weighted by molar-refractivity contribution is 0.0935. The average Bonchev–Trinajstić information content (AvgIpc) is 2.65. The molecule has 2 N–H and O–H groups in total. The zero-order valence-corrected chi connectivity index (χ0v) is 16.6. The minimum atomic E-state index is -3.75. The number of amides is 1. The second-order valence-corrected chi connectivity index (χ2v) is 8.22. The van der Waals surface area contributed by atoms with Gasteiger partial charge in [0.05, 0.1) is 17.5 Å². The van der Waals surface area contributed by atoms with Crippen LogP contribution in [0.3, 0.4) is 0 Å². The molecule has 2 aromatic carbocycles. The summed E-state index contributed by atoms with van der Waals surface area (Å²) in [6.45, 7) is 1.86.